The molecule has 0 saturated heterocycles. The molecule has 2 aromatic rings. The second kappa shape index (κ2) is 8.56. The summed E-state index contributed by atoms with van der Waals surface area (Å²) < 4.78 is 11.4. The molecule has 0 radical (unpaired) electrons. The normalized spacial score (nSPS) is 13.0. The van der Waals surface area contributed by atoms with Gasteiger partial charge in [0.1, 0.15) is 11.5 Å². The molecule has 2 atom stereocenters. The molecule has 2 rings (SSSR count). The van der Waals surface area contributed by atoms with Gasteiger partial charge in [0.2, 0.25) is 0 Å². The zero-order valence-electron chi connectivity index (χ0n) is 15.6. The van der Waals surface area contributed by atoms with Gasteiger partial charge in [-0.15, -0.1) is 0 Å². The summed E-state index contributed by atoms with van der Waals surface area (Å²) >= 11 is 0. The molecule has 0 unspecified atom stereocenters. The number of rotatable bonds is 7. The number of carbonyl (C=O) groups is 1. The zero-order valence-corrected chi connectivity index (χ0v) is 15.6. The third-order valence-electron chi connectivity index (χ3n) is 4.24. The number of hydrogen-bond acceptors (Lipinski definition) is 3. The highest BCUT2D eigenvalue weighted by atomic mass is 16.5. The molecule has 0 aliphatic heterocycles. The fourth-order valence-corrected chi connectivity index (χ4v) is 2.72. The van der Waals surface area contributed by atoms with E-state index in [0.717, 1.165) is 28.2 Å². The van der Waals surface area contributed by atoms with Crippen molar-refractivity contribution in [2.45, 2.75) is 46.3 Å². The molecular weight excluding hydrogens is 314 g/mol. The van der Waals surface area contributed by atoms with Crippen molar-refractivity contribution >= 4 is 5.91 Å². The van der Waals surface area contributed by atoms with E-state index >= 15 is 0 Å². The van der Waals surface area contributed by atoms with Crippen molar-refractivity contribution in [2.24, 2.45) is 0 Å². The molecule has 0 saturated carbocycles. The van der Waals surface area contributed by atoms with Gasteiger partial charge in [-0.25, -0.2) is 0 Å². The number of ether oxygens (including phenoxy) is 2. The summed E-state index contributed by atoms with van der Waals surface area (Å²) in [4.78, 5) is 12.7. The van der Waals surface area contributed by atoms with Crippen LogP contribution in [0.4, 0.5) is 0 Å². The molecule has 4 nitrogen and oxygen atoms in total. The van der Waals surface area contributed by atoms with Gasteiger partial charge >= 0.3 is 0 Å². The number of para-hydroxylation sites is 1. The Kier molecular flexibility index (Phi) is 6.45. The maximum Gasteiger partial charge on any atom is 0.261 e. The Bertz CT molecular complexity index is 727. The third-order valence-corrected chi connectivity index (χ3v) is 4.24. The first-order chi connectivity index (χ1) is 12.0. The predicted molar refractivity (Wildman–Crippen MR) is 100 cm³/mol. The third kappa shape index (κ3) is 4.75. The monoisotopic (exact) mass is 341 g/mol. The lowest BCUT2D eigenvalue weighted by Gasteiger charge is -2.22. The van der Waals surface area contributed by atoms with E-state index in [0.29, 0.717) is 6.42 Å². The van der Waals surface area contributed by atoms with Gasteiger partial charge in [-0.1, -0.05) is 37.3 Å². The Morgan fingerprint density at radius 2 is 1.84 bits per heavy atom. The molecule has 0 heterocycles. The first-order valence-electron chi connectivity index (χ1n) is 8.63. The van der Waals surface area contributed by atoms with Crippen LogP contribution in [0.1, 0.15) is 43.0 Å². The smallest absolute Gasteiger partial charge is 0.261 e. The van der Waals surface area contributed by atoms with Crippen LogP contribution in [0.2, 0.25) is 0 Å². The molecule has 2 aromatic carbocycles. The SMILES string of the molecule is CC[C@H](Oc1cc(C)ccc1C)C(=O)N[C@H](C)c1ccccc1OC. The summed E-state index contributed by atoms with van der Waals surface area (Å²) in [6.07, 6.45) is 0.0652. The van der Waals surface area contributed by atoms with Crippen molar-refractivity contribution in [1.82, 2.24) is 5.32 Å². The minimum absolute atomic E-state index is 0.123. The molecule has 4 heteroatoms. The van der Waals surface area contributed by atoms with Gasteiger partial charge in [-0.2, -0.15) is 0 Å². The summed E-state index contributed by atoms with van der Waals surface area (Å²) in [5.41, 5.74) is 3.08. The summed E-state index contributed by atoms with van der Waals surface area (Å²) in [5.74, 6) is 1.40. The van der Waals surface area contributed by atoms with E-state index in [4.69, 9.17) is 9.47 Å². The summed E-state index contributed by atoms with van der Waals surface area (Å²) in [6.45, 7) is 7.89. The standard InChI is InChI=1S/C21H27NO3/c1-6-18(25-20-13-14(2)11-12-15(20)3)21(23)22-16(4)17-9-7-8-10-19(17)24-5/h7-13,16,18H,6H2,1-5H3,(H,22,23)/t16-,18+/m1/s1. The van der Waals surface area contributed by atoms with E-state index in [1.54, 1.807) is 7.11 Å². The van der Waals surface area contributed by atoms with Crippen LogP contribution in [0.25, 0.3) is 0 Å². The highest BCUT2D eigenvalue weighted by Crippen LogP contribution is 2.25. The fraction of sp³-hybridized carbons (Fsp3) is 0.381. The Labute approximate surface area is 150 Å². The van der Waals surface area contributed by atoms with E-state index in [2.05, 4.69) is 5.32 Å². The van der Waals surface area contributed by atoms with Crippen molar-refractivity contribution in [3.63, 3.8) is 0 Å². The lowest BCUT2D eigenvalue weighted by Crippen LogP contribution is -2.39. The van der Waals surface area contributed by atoms with Gasteiger partial charge in [0, 0.05) is 5.56 Å². The number of carbonyl (C=O) groups excluding carboxylic acids is 1. The summed E-state index contributed by atoms with van der Waals surface area (Å²) in [7, 11) is 1.63. The Hall–Kier alpha value is -2.49. The Balaban J connectivity index is 2.10. The average molecular weight is 341 g/mol. The maximum absolute atomic E-state index is 12.7. The molecule has 0 aliphatic rings. The lowest BCUT2D eigenvalue weighted by molar-refractivity contribution is -0.128. The molecule has 0 bridgehead atoms. The van der Waals surface area contributed by atoms with Crippen LogP contribution < -0.4 is 14.8 Å². The van der Waals surface area contributed by atoms with Crippen LogP contribution in [0.3, 0.4) is 0 Å². The molecule has 1 N–H and O–H groups in total. The second-order valence-electron chi connectivity index (χ2n) is 6.26. The summed E-state index contributed by atoms with van der Waals surface area (Å²) in [6, 6.07) is 13.5. The van der Waals surface area contributed by atoms with Gasteiger partial charge in [0.15, 0.2) is 6.10 Å². The molecule has 134 valence electrons. The van der Waals surface area contributed by atoms with Crippen molar-refractivity contribution < 1.29 is 14.3 Å². The van der Waals surface area contributed by atoms with E-state index < -0.39 is 6.10 Å². The van der Waals surface area contributed by atoms with Crippen molar-refractivity contribution in [1.29, 1.82) is 0 Å². The molecular formula is C21H27NO3. The van der Waals surface area contributed by atoms with Gasteiger partial charge in [-0.3, -0.25) is 4.79 Å². The lowest BCUT2D eigenvalue weighted by atomic mass is 10.1. The number of hydrogen-bond donors (Lipinski definition) is 1. The fourth-order valence-electron chi connectivity index (χ4n) is 2.72. The Morgan fingerprint density at radius 1 is 1.12 bits per heavy atom. The quantitative estimate of drug-likeness (QED) is 0.814. The molecule has 1 amide bonds. The van der Waals surface area contributed by atoms with Crippen LogP contribution in [0.5, 0.6) is 11.5 Å². The van der Waals surface area contributed by atoms with Crippen molar-refractivity contribution in [3.05, 3.63) is 59.2 Å². The number of amides is 1. The van der Waals surface area contributed by atoms with E-state index in [9.17, 15) is 4.79 Å². The summed E-state index contributed by atoms with van der Waals surface area (Å²) in [5, 5.41) is 3.03. The number of nitrogens with one attached hydrogen (secondary N) is 1. The minimum atomic E-state index is -0.530. The average Bonchev–Trinajstić information content (AvgIpc) is 2.62. The zero-order chi connectivity index (χ0) is 18.4. The van der Waals surface area contributed by atoms with Crippen LogP contribution in [0.15, 0.2) is 42.5 Å². The number of benzene rings is 2. The van der Waals surface area contributed by atoms with Crippen LogP contribution >= 0.6 is 0 Å². The van der Waals surface area contributed by atoms with Crippen LogP contribution in [-0.2, 0) is 4.79 Å². The van der Waals surface area contributed by atoms with E-state index in [1.807, 2.05) is 70.2 Å². The number of methoxy groups -OCH3 is 1. The Morgan fingerprint density at radius 3 is 2.52 bits per heavy atom. The topological polar surface area (TPSA) is 47.6 Å². The molecule has 0 aliphatic carbocycles. The van der Waals surface area contributed by atoms with Crippen molar-refractivity contribution in [2.75, 3.05) is 7.11 Å². The van der Waals surface area contributed by atoms with Gasteiger partial charge in [0.05, 0.1) is 13.2 Å². The first-order valence-corrected chi connectivity index (χ1v) is 8.63. The van der Waals surface area contributed by atoms with E-state index in [-0.39, 0.29) is 11.9 Å². The minimum Gasteiger partial charge on any atom is -0.496 e. The molecule has 0 aromatic heterocycles. The van der Waals surface area contributed by atoms with Crippen LogP contribution in [-0.4, -0.2) is 19.1 Å². The van der Waals surface area contributed by atoms with Gasteiger partial charge in [0.25, 0.3) is 5.91 Å². The molecule has 0 fully saturated rings. The first kappa shape index (κ1) is 18.8. The highest BCUT2D eigenvalue weighted by molar-refractivity contribution is 5.81. The number of aryl methyl sites for hydroxylation is 2. The van der Waals surface area contributed by atoms with Crippen LogP contribution in [0, 0.1) is 13.8 Å². The van der Waals surface area contributed by atoms with E-state index in [1.165, 1.54) is 0 Å². The molecule has 25 heavy (non-hydrogen) atoms. The second-order valence-corrected chi connectivity index (χ2v) is 6.26. The van der Waals surface area contributed by atoms with Crippen molar-refractivity contribution in [3.8, 4) is 11.5 Å². The highest BCUT2D eigenvalue weighted by Gasteiger charge is 2.22. The largest absolute Gasteiger partial charge is 0.496 e. The maximum atomic E-state index is 12.7. The van der Waals surface area contributed by atoms with Gasteiger partial charge in [-0.05, 0) is 50.5 Å². The van der Waals surface area contributed by atoms with Gasteiger partial charge < -0.3 is 14.8 Å². The predicted octanol–water partition coefficient (Wildman–Crippen LogP) is 4.35. The molecule has 0 spiro atoms.